The summed E-state index contributed by atoms with van der Waals surface area (Å²) in [6.07, 6.45) is 0.878. The molecule has 6 nitrogen and oxygen atoms in total. The number of hydrogen-bond donors (Lipinski definition) is 1. The van der Waals surface area contributed by atoms with E-state index in [1.165, 1.54) is 0 Å². The van der Waals surface area contributed by atoms with Crippen LogP contribution in [0.2, 0.25) is 0 Å². The van der Waals surface area contributed by atoms with E-state index in [1.807, 2.05) is 0 Å². The largest absolute Gasteiger partial charge is 0.444 e. The Hall–Kier alpha value is -1.30. The van der Waals surface area contributed by atoms with Gasteiger partial charge in [-0.2, -0.15) is 0 Å². The molecule has 2 atom stereocenters. The van der Waals surface area contributed by atoms with Crippen molar-refractivity contribution >= 4 is 12.1 Å². The van der Waals surface area contributed by atoms with Crippen molar-refractivity contribution in [3.8, 4) is 0 Å². The van der Waals surface area contributed by atoms with E-state index in [4.69, 9.17) is 14.2 Å². The smallest absolute Gasteiger partial charge is 0.409 e. The lowest BCUT2D eigenvalue weighted by molar-refractivity contribution is -0.205. The maximum absolute atomic E-state index is 11.6. The molecule has 0 spiro atoms. The minimum absolute atomic E-state index is 0.303. The third-order valence-electron chi connectivity index (χ3n) is 2.45. The molecule has 0 saturated carbocycles. The Balaban J connectivity index is 2.38. The number of carbonyl (C=O) groups is 2. The zero-order chi connectivity index (χ0) is 14.5. The van der Waals surface area contributed by atoms with E-state index in [0.29, 0.717) is 19.3 Å². The Labute approximate surface area is 113 Å². The van der Waals surface area contributed by atoms with Gasteiger partial charge in [-0.3, -0.25) is 10.1 Å². The fraction of sp³-hybridized carbons (Fsp3) is 0.846. The van der Waals surface area contributed by atoms with E-state index < -0.39 is 24.2 Å². The Morgan fingerprint density at radius 1 is 1.32 bits per heavy atom. The van der Waals surface area contributed by atoms with Gasteiger partial charge in [0.25, 0.3) is 0 Å². The molecule has 0 radical (unpaired) electrons. The first-order chi connectivity index (χ1) is 8.80. The summed E-state index contributed by atoms with van der Waals surface area (Å²) in [5, 5.41) is 2.62. The predicted octanol–water partition coefficient (Wildman–Crippen LogP) is 2.32. The minimum Gasteiger partial charge on any atom is -0.444 e. The number of amides is 1. The second kappa shape index (κ2) is 6.75. The molecule has 1 N–H and O–H groups in total. The zero-order valence-corrected chi connectivity index (χ0v) is 12.0. The topological polar surface area (TPSA) is 73.9 Å². The van der Waals surface area contributed by atoms with Gasteiger partial charge in [0, 0.05) is 12.8 Å². The summed E-state index contributed by atoms with van der Waals surface area (Å²) in [6.45, 7) is 7.10. The van der Waals surface area contributed by atoms with Gasteiger partial charge in [0.2, 0.25) is 6.29 Å². The SMILES string of the molecule is CCC(=O)OC1CCCC(NC(=O)OC(C)(C)C)O1. The second-order valence-electron chi connectivity index (χ2n) is 5.47. The number of alkyl carbamates (subject to hydrolysis) is 1. The molecule has 6 heteroatoms. The lowest BCUT2D eigenvalue weighted by Crippen LogP contribution is -2.45. The predicted molar refractivity (Wildman–Crippen MR) is 68.3 cm³/mol. The Morgan fingerprint density at radius 2 is 2.00 bits per heavy atom. The molecule has 1 aliphatic rings. The highest BCUT2D eigenvalue weighted by atomic mass is 16.7. The van der Waals surface area contributed by atoms with Gasteiger partial charge in [0.05, 0.1) is 0 Å². The highest BCUT2D eigenvalue weighted by Gasteiger charge is 2.27. The molecule has 0 aliphatic carbocycles. The highest BCUT2D eigenvalue weighted by molar-refractivity contribution is 5.69. The molecule has 1 fully saturated rings. The Morgan fingerprint density at radius 3 is 2.58 bits per heavy atom. The van der Waals surface area contributed by atoms with Crippen molar-refractivity contribution in [2.24, 2.45) is 0 Å². The van der Waals surface area contributed by atoms with E-state index in [0.717, 1.165) is 6.42 Å². The maximum Gasteiger partial charge on any atom is 0.409 e. The van der Waals surface area contributed by atoms with Crippen molar-refractivity contribution in [1.29, 1.82) is 0 Å². The van der Waals surface area contributed by atoms with Crippen LogP contribution < -0.4 is 5.32 Å². The van der Waals surface area contributed by atoms with Crippen LogP contribution in [0, 0.1) is 0 Å². The summed E-state index contributed by atoms with van der Waals surface area (Å²) in [5.74, 6) is -0.303. The Bertz CT molecular complexity index is 323. The van der Waals surface area contributed by atoms with Gasteiger partial charge in [0.1, 0.15) is 11.8 Å². The number of carbonyl (C=O) groups excluding carboxylic acids is 2. The van der Waals surface area contributed by atoms with Crippen LogP contribution in [-0.2, 0) is 19.0 Å². The third kappa shape index (κ3) is 6.42. The molecule has 0 aromatic rings. The molecule has 1 aliphatic heterocycles. The lowest BCUT2D eigenvalue weighted by atomic mass is 10.1. The lowest BCUT2D eigenvalue weighted by Gasteiger charge is -2.30. The van der Waals surface area contributed by atoms with Gasteiger partial charge >= 0.3 is 12.1 Å². The van der Waals surface area contributed by atoms with Gasteiger partial charge in [0.15, 0.2) is 0 Å². The number of rotatable bonds is 3. The van der Waals surface area contributed by atoms with E-state index in [1.54, 1.807) is 27.7 Å². The van der Waals surface area contributed by atoms with Crippen LogP contribution in [-0.4, -0.2) is 30.2 Å². The van der Waals surface area contributed by atoms with Crippen LogP contribution in [0.5, 0.6) is 0 Å². The first kappa shape index (κ1) is 15.8. The average molecular weight is 273 g/mol. The van der Waals surface area contributed by atoms with Crippen LogP contribution in [0.15, 0.2) is 0 Å². The van der Waals surface area contributed by atoms with Gasteiger partial charge in [-0.25, -0.2) is 4.79 Å². The van der Waals surface area contributed by atoms with Crippen molar-refractivity contribution in [3.63, 3.8) is 0 Å². The van der Waals surface area contributed by atoms with Crippen molar-refractivity contribution in [3.05, 3.63) is 0 Å². The number of esters is 1. The van der Waals surface area contributed by atoms with Crippen LogP contribution in [0.25, 0.3) is 0 Å². The van der Waals surface area contributed by atoms with Gasteiger partial charge in [-0.15, -0.1) is 0 Å². The minimum atomic E-state index is -0.582. The maximum atomic E-state index is 11.6. The summed E-state index contributed by atoms with van der Waals surface area (Å²) in [4.78, 5) is 22.8. The van der Waals surface area contributed by atoms with Crippen LogP contribution in [0.3, 0.4) is 0 Å². The molecule has 1 saturated heterocycles. The Kier molecular flexibility index (Phi) is 5.60. The number of hydrogen-bond acceptors (Lipinski definition) is 5. The number of nitrogens with one attached hydrogen (secondary N) is 1. The summed E-state index contributed by atoms with van der Waals surface area (Å²) >= 11 is 0. The summed E-state index contributed by atoms with van der Waals surface area (Å²) in [6, 6.07) is 0. The monoisotopic (exact) mass is 273 g/mol. The van der Waals surface area contributed by atoms with E-state index in [2.05, 4.69) is 5.32 Å². The molecule has 1 heterocycles. The fourth-order valence-corrected chi connectivity index (χ4v) is 1.65. The third-order valence-corrected chi connectivity index (χ3v) is 2.45. The van der Waals surface area contributed by atoms with Crippen LogP contribution in [0.1, 0.15) is 53.4 Å². The molecule has 0 aromatic carbocycles. The molecule has 2 unspecified atom stereocenters. The van der Waals surface area contributed by atoms with Crippen molar-refractivity contribution in [2.45, 2.75) is 71.5 Å². The quantitative estimate of drug-likeness (QED) is 0.799. The van der Waals surface area contributed by atoms with E-state index in [9.17, 15) is 9.59 Å². The summed E-state index contributed by atoms with van der Waals surface area (Å²) in [7, 11) is 0. The molecule has 0 bridgehead atoms. The highest BCUT2D eigenvalue weighted by Crippen LogP contribution is 2.19. The van der Waals surface area contributed by atoms with Gasteiger partial charge < -0.3 is 14.2 Å². The zero-order valence-electron chi connectivity index (χ0n) is 12.0. The van der Waals surface area contributed by atoms with E-state index >= 15 is 0 Å². The van der Waals surface area contributed by atoms with Crippen molar-refractivity contribution < 1.29 is 23.8 Å². The van der Waals surface area contributed by atoms with Crippen LogP contribution in [0.4, 0.5) is 4.79 Å². The fourth-order valence-electron chi connectivity index (χ4n) is 1.65. The first-order valence-electron chi connectivity index (χ1n) is 6.64. The molecular weight excluding hydrogens is 250 g/mol. The molecule has 19 heavy (non-hydrogen) atoms. The standard InChI is InChI=1S/C13H23NO5/c1-5-10(15)18-11-8-6-7-9(17-11)14-12(16)19-13(2,3)4/h9,11H,5-8H2,1-4H3,(H,14,16). The first-order valence-corrected chi connectivity index (χ1v) is 6.64. The summed E-state index contributed by atoms with van der Waals surface area (Å²) < 4.78 is 15.7. The summed E-state index contributed by atoms with van der Waals surface area (Å²) in [5.41, 5.74) is -0.549. The van der Waals surface area contributed by atoms with E-state index in [-0.39, 0.29) is 5.97 Å². The molecule has 1 amide bonds. The van der Waals surface area contributed by atoms with Crippen molar-refractivity contribution in [1.82, 2.24) is 5.32 Å². The van der Waals surface area contributed by atoms with Gasteiger partial charge in [-0.1, -0.05) is 6.92 Å². The molecular formula is C13H23NO5. The van der Waals surface area contributed by atoms with Gasteiger partial charge in [-0.05, 0) is 33.6 Å². The molecule has 110 valence electrons. The van der Waals surface area contributed by atoms with Crippen molar-refractivity contribution in [2.75, 3.05) is 0 Å². The molecule has 1 rings (SSSR count). The second-order valence-corrected chi connectivity index (χ2v) is 5.47. The van der Waals surface area contributed by atoms with Crippen LogP contribution >= 0.6 is 0 Å². The molecule has 0 aromatic heterocycles. The average Bonchev–Trinajstić information content (AvgIpc) is 2.26. The number of ether oxygens (including phenoxy) is 3. The normalized spacial score (nSPS) is 23.6.